The Balaban J connectivity index is 0.660. The predicted octanol–water partition coefficient (Wildman–Crippen LogP) is 30.3. The van der Waals surface area contributed by atoms with Gasteiger partial charge in [0.1, 0.15) is 0 Å². The number of fused-ring (bicyclic) bond motifs is 9. The molecule has 0 saturated carbocycles. The molecule has 0 saturated heterocycles. The van der Waals surface area contributed by atoms with Crippen molar-refractivity contribution in [2.24, 2.45) is 0 Å². The molecular weight excluding hydrogens is 1780 g/mol. The summed E-state index contributed by atoms with van der Waals surface area (Å²) in [5.74, 6) is -0.0131. The number of ketones is 1. The highest BCUT2D eigenvalue weighted by atomic mass is 28.3. The van der Waals surface area contributed by atoms with Crippen molar-refractivity contribution in [1.82, 2.24) is 4.57 Å². The van der Waals surface area contributed by atoms with Gasteiger partial charge < -0.3 is 29.1 Å². The molecule has 1 aliphatic heterocycles. The van der Waals surface area contributed by atoms with Gasteiger partial charge in [-0.05, 0) is 227 Å². The van der Waals surface area contributed by atoms with Crippen LogP contribution in [0.4, 0.5) is 73.9 Å². The van der Waals surface area contributed by atoms with E-state index in [2.05, 4.69) is 532 Å². The maximum Gasteiger partial charge on any atom is 0.194 e. The van der Waals surface area contributed by atoms with Crippen molar-refractivity contribution in [2.75, 3.05) is 24.5 Å². The van der Waals surface area contributed by atoms with Crippen molar-refractivity contribution < 1.29 is 4.79 Å². The fraction of sp³-hybridized carbons (Fsp3) is 0.215. The summed E-state index contributed by atoms with van der Waals surface area (Å²) in [6, 6.07) is 128. The summed E-state index contributed by atoms with van der Waals surface area (Å²) in [6.07, 6.45) is 5.82. The van der Waals surface area contributed by atoms with E-state index in [0.29, 0.717) is 0 Å². The predicted molar refractivity (Wildman–Crippen MR) is 616 cm³/mol. The maximum absolute atomic E-state index is 15.3. The molecule has 0 amide bonds. The third kappa shape index (κ3) is 18.1. The Morgan fingerprint density at radius 1 is 0.243 bits per heavy atom. The Bertz CT molecular complexity index is 6930. The van der Waals surface area contributed by atoms with E-state index in [1.165, 1.54) is 75.5 Å². The van der Waals surface area contributed by atoms with E-state index in [-0.39, 0.29) is 11.7 Å². The van der Waals surface area contributed by atoms with Gasteiger partial charge >= 0.3 is 0 Å². The van der Waals surface area contributed by atoms with E-state index in [0.717, 1.165) is 135 Å². The van der Waals surface area contributed by atoms with Gasteiger partial charge in [0, 0.05) is 120 Å². The lowest BCUT2D eigenvalue weighted by molar-refractivity contribution is 0.104. The molecule has 15 aromatic carbocycles. The third-order valence-corrected chi connectivity index (χ3v) is 45.0. The summed E-state index contributed by atoms with van der Waals surface area (Å²) < 4.78 is 2.45. The second-order valence-corrected chi connectivity index (χ2v) is 87.1. The van der Waals surface area contributed by atoms with Gasteiger partial charge in [-0.15, -0.1) is 0 Å². The maximum atomic E-state index is 15.3. The molecule has 0 spiro atoms. The summed E-state index contributed by atoms with van der Waals surface area (Å²) >= 11 is 0. The molecule has 15 heteroatoms. The number of benzene rings is 15. The molecule has 684 valence electrons. The van der Waals surface area contributed by atoms with Crippen molar-refractivity contribution in [1.29, 1.82) is 0 Å². The summed E-state index contributed by atoms with van der Waals surface area (Å²) in [4.78, 5) is 27.7. The number of hydrogen-bond acceptors (Lipinski definition) is 6. The number of nitrogens with zero attached hydrogens (tertiary/aromatic N) is 6. The second-order valence-electron chi connectivity index (χ2n) is 46.4. The molecule has 1 unspecified atom stereocenters. The molecule has 2 aliphatic carbocycles. The van der Waals surface area contributed by atoms with E-state index < -0.39 is 64.6 Å². The largest absolute Gasteiger partial charge is 0.314 e. The zero-order valence-electron chi connectivity index (χ0n) is 84.3. The van der Waals surface area contributed by atoms with Crippen LogP contribution in [0.2, 0.25) is 157 Å². The lowest BCUT2D eigenvalue weighted by Gasteiger charge is -2.33. The summed E-state index contributed by atoms with van der Waals surface area (Å²) in [5, 5.41) is 13.9. The molecule has 3 aliphatic rings. The number of hydrogen-bond donors (Lipinski definition) is 0. The second kappa shape index (κ2) is 34.9. The number of allylic oxidation sites excluding steroid dienone is 2. The van der Waals surface area contributed by atoms with Crippen LogP contribution in [-0.4, -0.2) is 74.9 Å². The lowest BCUT2D eigenvalue weighted by Crippen LogP contribution is -2.37. The highest BCUT2D eigenvalue weighted by molar-refractivity contribution is 6.92. The molecule has 1 atom stereocenters. The first-order chi connectivity index (χ1) is 64.3. The van der Waals surface area contributed by atoms with Crippen LogP contribution in [0.5, 0.6) is 0 Å². The third-order valence-electron chi connectivity index (χ3n) is 28.5. The van der Waals surface area contributed by atoms with Gasteiger partial charge in [-0.2, -0.15) is 0 Å². The molecule has 2 heterocycles. The highest BCUT2D eigenvalue weighted by Gasteiger charge is 2.39. The Hall–Kier alpha value is -12.0. The molecule has 136 heavy (non-hydrogen) atoms. The number of anilines is 13. The fourth-order valence-corrected chi connectivity index (χ4v) is 29.5. The van der Waals surface area contributed by atoms with Crippen molar-refractivity contribution in [3.05, 3.63) is 374 Å². The van der Waals surface area contributed by atoms with Crippen molar-refractivity contribution in [3.63, 3.8) is 0 Å². The zero-order valence-corrected chi connectivity index (χ0v) is 92.3. The summed E-state index contributed by atoms with van der Waals surface area (Å²) in [5.41, 5.74) is 29.3. The zero-order chi connectivity index (χ0) is 96.0. The Labute approximate surface area is 817 Å². The van der Waals surface area contributed by atoms with E-state index in [4.69, 9.17) is 0 Å². The normalized spacial score (nSPS) is 14.2. The van der Waals surface area contributed by atoms with E-state index >= 15 is 4.79 Å². The van der Waals surface area contributed by atoms with Gasteiger partial charge in [0.25, 0.3) is 0 Å². The molecule has 0 radical (unpaired) electrons. The number of aromatic nitrogens is 1. The molecule has 0 bridgehead atoms. The fourth-order valence-electron chi connectivity index (χ4n) is 20.2. The molecule has 0 fully saturated rings. The molecule has 16 aromatic rings. The molecule has 1 aromatic heterocycles. The van der Waals surface area contributed by atoms with Crippen LogP contribution in [0.3, 0.4) is 0 Å². The van der Waals surface area contributed by atoms with Crippen LogP contribution >= 0.6 is 0 Å². The van der Waals surface area contributed by atoms with Crippen LogP contribution in [0, 0.1) is 0 Å². The van der Waals surface area contributed by atoms with Gasteiger partial charge in [-0.3, -0.25) is 4.79 Å². The van der Waals surface area contributed by atoms with Crippen molar-refractivity contribution in [3.8, 4) is 39.1 Å². The van der Waals surface area contributed by atoms with Crippen LogP contribution in [0.25, 0.3) is 60.9 Å². The number of carbonyl (C=O) groups excluding carboxylic acids is 1. The lowest BCUT2D eigenvalue weighted by atomic mass is 9.91. The summed E-state index contributed by atoms with van der Waals surface area (Å²) in [6.45, 7) is 58.3. The molecular formula is C121H132N6OSi8. The molecule has 7 nitrogen and oxygen atoms in total. The van der Waals surface area contributed by atoms with E-state index in [9.17, 15) is 0 Å². The molecule has 19 rings (SSSR count). The van der Waals surface area contributed by atoms with Gasteiger partial charge in [-0.25, -0.2) is 0 Å². The van der Waals surface area contributed by atoms with Crippen molar-refractivity contribution >= 4 is 208 Å². The smallest absolute Gasteiger partial charge is 0.194 e. The van der Waals surface area contributed by atoms with Gasteiger partial charge in [-0.1, -0.05) is 356 Å². The first-order valence-corrected chi connectivity index (χ1v) is 76.9. The minimum absolute atomic E-state index is 0.0506. The van der Waals surface area contributed by atoms with E-state index in [1.54, 1.807) is 0 Å². The Morgan fingerprint density at radius 3 is 0.794 bits per heavy atom. The number of rotatable bonds is 24. The van der Waals surface area contributed by atoms with Gasteiger partial charge in [0.05, 0.1) is 81.3 Å². The minimum atomic E-state index is -1.60. The first-order valence-electron chi connectivity index (χ1n) is 48.9. The van der Waals surface area contributed by atoms with Crippen LogP contribution in [-0.2, 0) is 0 Å². The highest BCUT2D eigenvalue weighted by Crippen LogP contribution is 2.55. The topological polar surface area (TPSA) is 38.2 Å². The molecule has 0 N–H and O–H groups in total. The summed E-state index contributed by atoms with van der Waals surface area (Å²) in [7, 11) is -12.8. The van der Waals surface area contributed by atoms with Crippen LogP contribution < -0.4 is 66.0 Å². The quantitative estimate of drug-likeness (QED) is 0.0562. The van der Waals surface area contributed by atoms with Gasteiger partial charge in [0.15, 0.2) is 5.78 Å². The van der Waals surface area contributed by atoms with Crippen LogP contribution in [0.15, 0.2) is 357 Å². The van der Waals surface area contributed by atoms with Crippen molar-refractivity contribution in [2.45, 2.75) is 169 Å². The standard InChI is InChI=1S/C121H132N6OSi8/c1-129(2,3)101-55-35-87(36-56-101)122(88-37-57-102(58-38-88)130(4,5)6)97-51-73-117-111(79-97)112-80-98(123(89-39-59-103(60-40-89)131(7,8)9)90-41-61-104(62-42-90)132(10,11)12)52-74-118(112)126(117)95-31-25-83(26-32-95)85-29-71-109-110-72-30-86(78-116(110)121(128)115(109)77-85)84-27-33-96(34-28-84)127-119-75-53-99(124(91-43-63-105(64-44-91)133(13,14)15)92-45-65-106(66-46-92)134(16,17)18)81-113(119)114-82-100(54-76-120(114)127)125(93-47-67-107(68-48-93)135(19,20)21)94-49-69-108(70-50-94)136(22,23)24/h25-53,55-82,114H,54H2,1-24H3. The average Bonchev–Trinajstić information content (AvgIpc) is 1.58. The Kier molecular flexibility index (Phi) is 23.9. The monoisotopic (exact) mass is 1910 g/mol. The first kappa shape index (κ1) is 93.0. The van der Waals surface area contributed by atoms with E-state index in [1.807, 2.05) is 0 Å². The number of carbonyl (C=O) groups is 1. The van der Waals surface area contributed by atoms with Crippen LogP contribution in [0.1, 0.15) is 33.8 Å². The SMILES string of the molecule is C[Si](C)(C)c1ccc(N(C2=CC3C(=CC2)N(c2ccc(-c4ccc5c(c4)C(=O)c4cc(-c6ccc(-n7c8ccc(N(c9ccc([Si](C)(C)C)cc9)c9ccc([Si](C)(C)C)cc9)cc8c8cc(N(c9ccc([Si](C)(C)C)cc9)c9ccc([Si](C)(C)C)cc9)ccc87)cc6)ccc4-5)cc2)c2ccc(N(c4ccc([Si](C)(C)C)cc4)c4ccc([Si](C)(C)C)cc4)cc23)c2ccc([Si](C)(C)C)cc2)cc1. The average molecular weight is 1910 g/mol. The Morgan fingerprint density at radius 2 is 0.500 bits per heavy atom. The minimum Gasteiger partial charge on any atom is -0.314 e. The van der Waals surface area contributed by atoms with Gasteiger partial charge in [0.2, 0.25) is 0 Å².